The molecule has 0 unspecified atom stereocenters. The minimum Gasteiger partial charge on any atom is -0.469 e. The number of hydrogen-bond acceptors (Lipinski definition) is 5. The number of carbonyl (C=O) groups excluding carboxylic acids is 1. The first-order chi connectivity index (χ1) is 10.4. The molecule has 3 heterocycles. The molecule has 0 radical (unpaired) electrons. The maximum absolute atomic E-state index is 12.4. The van der Waals surface area contributed by atoms with Crippen LogP contribution in [-0.4, -0.2) is 58.3 Å². The first kappa shape index (κ1) is 15.5. The first-order valence-electron chi connectivity index (χ1n) is 7.20. The molecule has 1 aromatic rings. The lowest BCUT2D eigenvalue weighted by atomic mass is 9.81. The van der Waals surface area contributed by atoms with Gasteiger partial charge < -0.3 is 14.1 Å². The zero-order valence-corrected chi connectivity index (χ0v) is 13.3. The topological polar surface area (TPSA) is 88.9 Å². The average molecular weight is 328 g/mol. The number of rotatable bonds is 5. The van der Waals surface area contributed by atoms with Crippen LogP contribution in [0.5, 0.6) is 0 Å². The van der Waals surface area contributed by atoms with Crippen molar-refractivity contribution in [2.24, 2.45) is 11.3 Å². The van der Waals surface area contributed by atoms with E-state index in [0.717, 1.165) is 6.26 Å². The van der Waals surface area contributed by atoms with Gasteiger partial charge in [-0.25, -0.2) is 13.1 Å². The molecule has 1 aromatic heterocycles. The van der Waals surface area contributed by atoms with Gasteiger partial charge in [0.15, 0.2) is 0 Å². The van der Waals surface area contributed by atoms with Gasteiger partial charge in [-0.15, -0.1) is 0 Å². The smallest absolute Gasteiger partial charge is 0.230 e. The van der Waals surface area contributed by atoms with Gasteiger partial charge in [0.2, 0.25) is 15.9 Å². The molecule has 122 valence electrons. The van der Waals surface area contributed by atoms with Crippen LogP contribution in [0.1, 0.15) is 5.76 Å². The van der Waals surface area contributed by atoms with Crippen molar-refractivity contribution < 1.29 is 22.4 Å². The van der Waals surface area contributed by atoms with Crippen molar-refractivity contribution in [2.75, 3.05) is 39.1 Å². The molecule has 2 aliphatic heterocycles. The van der Waals surface area contributed by atoms with Crippen LogP contribution in [0.15, 0.2) is 22.8 Å². The van der Waals surface area contributed by atoms with Gasteiger partial charge in [0.25, 0.3) is 0 Å². The van der Waals surface area contributed by atoms with Crippen molar-refractivity contribution in [1.82, 2.24) is 9.62 Å². The SMILES string of the molecule is CS(=O)(=O)NC[C@]12COC[C@H]1CN(C(=O)Cc1ccco1)C2. The lowest BCUT2D eigenvalue weighted by Crippen LogP contribution is -2.43. The van der Waals surface area contributed by atoms with Crippen molar-refractivity contribution in [3.8, 4) is 0 Å². The fourth-order valence-corrected chi connectivity index (χ4v) is 3.77. The Morgan fingerprint density at radius 2 is 2.36 bits per heavy atom. The van der Waals surface area contributed by atoms with E-state index in [1.54, 1.807) is 23.3 Å². The number of fused-ring (bicyclic) bond motifs is 1. The summed E-state index contributed by atoms with van der Waals surface area (Å²) in [7, 11) is -3.26. The monoisotopic (exact) mass is 328 g/mol. The van der Waals surface area contributed by atoms with Gasteiger partial charge in [0.05, 0.1) is 32.2 Å². The Labute approximate surface area is 129 Å². The number of hydrogen-bond donors (Lipinski definition) is 1. The van der Waals surface area contributed by atoms with E-state index in [-0.39, 0.29) is 23.7 Å². The molecule has 2 saturated heterocycles. The van der Waals surface area contributed by atoms with E-state index in [1.807, 2.05) is 0 Å². The highest BCUT2D eigenvalue weighted by atomic mass is 32.2. The Hall–Kier alpha value is -1.38. The number of sulfonamides is 1. The van der Waals surface area contributed by atoms with Gasteiger partial charge in [-0.1, -0.05) is 0 Å². The fourth-order valence-electron chi connectivity index (χ4n) is 3.22. The summed E-state index contributed by atoms with van der Waals surface area (Å²) in [4.78, 5) is 14.2. The minimum atomic E-state index is -3.26. The molecule has 3 rings (SSSR count). The Morgan fingerprint density at radius 3 is 3.05 bits per heavy atom. The van der Waals surface area contributed by atoms with Crippen LogP contribution in [-0.2, 0) is 26.0 Å². The molecule has 2 aliphatic rings. The second-order valence-corrected chi connectivity index (χ2v) is 8.03. The summed E-state index contributed by atoms with van der Waals surface area (Å²) in [6.45, 7) is 2.46. The normalized spacial score (nSPS) is 28.0. The van der Waals surface area contributed by atoms with E-state index in [0.29, 0.717) is 38.6 Å². The second-order valence-electron chi connectivity index (χ2n) is 6.20. The predicted molar refractivity (Wildman–Crippen MR) is 78.6 cm³/mol. The summed E-state index contributed by atoms with van der Waals surface area (Å²) in [6.07, 6.45) is 2.92. The number of furan rings is 1. The van der Waals surface area contributed by atoms with Crippen LogP contribution in [0.25, 0.3) is 0 Å². The van der Waals surface area contributed by atoms with Gasteiger partial charge in [0.1, 0.15) is 5.76 Å². The zero-order chi connectivity index (χ0) is 15.8. The maximum atomic E-state index is 12.4. The molecule has 22 heavy (non-hydrogen) atoms. The molecule has 0 saturated carbocycles. The Morgan fingerprint density at radius 1 is 1.55 bits per heavy atom. The minimum absolute atomic E-state index is 0.00285. The van der Waals surface area contributed by atoms with Crippen molar-refractivity contribution >= 4 is 15.9 Å². The molecular weight excluding hydrogens is 308 g/mol. The van der Waals surface area contributed by atoms with Gasteiger partial charge in [0, 0.05) is 31.0 Å². The van der Waals surface area contributed by atoms with Crippen molar-refractivity contribution in [1.29, 1.82) is 0 Å². The Kier molecular flexibility index (Phi) is 4.00. The Bertz CT molecular complexity index is 642. The number of amides is 1. The molecule has 1 N–H and O–H groups in total. The highest BCUT2D eigenvalue weighted by Crippen LogP contribution is 2.41. The van der Waals surface area contributed by atoms with E-state index in [4.69, 9.17) is 9.15 Å². The van der Waals surface area contributed by atoms with Gasteiger partial charge in [-0.05, 0) is 12.1 Å². The van der Waals surface area contributed by atoms with Gasteiger partial charge in [-0.3, -0.25) is 4.79 Å². The largest absolute Gasteiger partial charge is 0.469 e. The molecule has 7 nitrogen and oxygen atoms in total. The number of carbonyl (C=O) groups is 1. The molecule has 0 aliphatic carbocycles. The van der Waals surface area contributed by atoms with Gasteiger partial charge >= 0.3 is 0 Å². The van der Waals surface area contributed by atoms with E-state index in [1.165, 1.54) is 0 Å². The number of likely N-dealkylation sites (tertiary alicyclic amines) is 1. The molecule has 1 amide bonds. The summed E-state index contributed by atoms with van der Waals surface area (Å²) in [5, 5.41) is 0. The number of nitrogens with one attached hydrogen (secondary N) is 1. The first-order valence-corrected chi connectivity index (χ1v) is 9.10. The highest BCUT2D eigenvalue weighted by molar-refractivity contribution is 7.88. The van der Waals surface area contributed by atoms with Crippen LogP contribution in [0.4, 0.5) is 0 Å². The van der Waals surface area contributed by atoms with E-state index in [9.17, 15) is 13.2 Å². The van der Waals surface area contributed by atoms with Crippen LogP contribution >= 0.6 is 0 Å². The van der Waals surface area contributed by atoms with Crippen molar-refractivity contribution in [2.45, 2.75) is 6.42 Å². The van der Waals surface area contributed by atoms with Crippen molar-refractivity contribution in [3.63, 3.8) is 0 Å². The van der Waals surface area contributed by atoms with Crippen LogP contribution in [0.2, 0.25) is 0 Å². The third-order valence-corrected chi connectivity index (χ3v) is 5.13. The number of ether oxygens (including phenoxy) is 1. The Balaban J connectivity index is 1.66. The standard InChI is InChI=1S/C14H20N2O5S/c1-22(18,19)15-8-14-9-16(6-11(14)7-20-10-14)13(17)5-12-3-2-4-21-12/h2-4,11,15H,5-10H2,1H3/t11-,14+/m1/s1. The average Bonchev–Trinajstić information content (AvgIpc) is 3.09. The summed E-state index contributed by atoms with van der Waals surface area (Å²) >= 11 is 0. The molecule has 2 atom stereocenters. The second kappa shape index (κ2) is 5.68. The highest BCUT2D eigenvalue weighted by Gasteiger charge is 2.51. The quantitative estimate of drug-likeness (QED) is 0.812. The van der Waals surface area contributed by atoms with Crippen molar-refractivity contribution in [3.05, 3.63) is 24.2 Å². The van der Waals surface area contributed by atoms with E-state index in [2.05, 4.69) is 4.72 Å². The third-order valence-electron chi connectivity index (χ3n) is 4.47. The molecule has 0 aromatic carbocycles. The summed E-state index contributed by atoms with van der Waals surface area (Å²) in [5.41, 5.74) is -0.318. The molecule has 8 heteroatoms. The lowest BCUT2D eigenvalue weighted by molar-refractivity contribution is -0.130. The van der Waals surface area contributed by atoms with E-state index >= 15 is 0 Å². The lowest BCUT2D eigenvalue weighted by Gasteiger charge is -2.26. The molecule has 2 fully saturated rings. The molecule has 0 bridgehead atoms. The number of nitrogens with zero attached hydrogens (tertiary/aromatic N) is 1. The van der Waals surface area contributed by atoms with Gasteiger partial charge in [-0.2, -0.15) is 0 Å². The predicted octanol–water partition coefficient (Wildman–Crippen LogP) is -0.154. The maximum Gasteiger partial charge on any atom is 0.230 e. The summed E-state index contributed by atoms with van der Waals surface area (Å²) < 4.78 is 36.0. The van der Waals surface area contributed by atoms with Crippen LogP contribution < -0.4 is 4.72 Å². The molecular formula is C14H20N2O5S. The fraction of sp³-hybridized carbons (Fsp3) is 0.643. The summed E-state index contributed by atoms with van der Waals surface area (Å²) in [5.74, 6) is 0.812. The molecule has 0 spiro atoms. The van der Waals surface area contributed by atoms with Crippen LogP contribution in [0, 0.1) is 11.3 Å². The van der Waals surface area contributed by atoms with E-state index < -0.39 is 10.0 Å². The van der Waals surface area contributed by atoms with Crippen LogP contribution in [0.3, 0.4) is 0 Å². The summed E-state index contributed by atoms with van der Waals surface area (Å²) in [6, 6.07) is 3.53. The zero-order valence-electron chi connectivity index (χ0n) is 12.4. The third kappa shape index (κ3) is 3.18.